The lowest BCUT2D eigenvalue weighted by atomic mass is 9.85. The van der Waals surface area contributed by atoms with E-state index in [1.807, 2.05) is 36.4 Å². The van der Waals surface area contributed by atoms with E-state index in [2.05, 4.69) is 20.8 Å². The van der Waals surface area contributed by atoms with Gasteiger partial charge in [0, 0.05) is 6.54 Å². The molecule has 4 rings (SSSR count). The van der Waals surface area contributed by atoms with Gasteiger partial charge >= 0.3 is 0 Å². The van der Waals surface area contributed by atoms with Crippen LogP contribution in [0.3, 0.4) is 0 Å². The van der Waals surface area contributed by atoms with Crippen LogP contribution in [-0.4, -0.2) is 43.0 Å². The smallest absolute Gasteiger partial charge is 0.295 e. The molecule has 1 aliphatic rings. The predicted molar refractivity (Wildman–Crippen MR) is 156 cm³/mol. The summed E-state index contributed by atoms with van der Waals surface area (Å²) in [6, 6.07) is 15.4. The maximum Gasteiger partial charge on any atom is 0.295 e. The summed E-state index contributed by atoms with van der Waals surface area (Å²) >= 11 is 12.9. The number of hydrogen-bond donors (Lipinski definition) is 1. The van der Waals surface area contributed by atoms with Gasteiger partial charge in [-0.3, -0.25) is 9.59 Å². The van der Waals surface area contributed by atoms with Crippen LogP contribution < -0.4 is 14.2 Å². The number of carbonyl (C=O) groups is 2. The van der Waals surface area contributed by atoms with Crippen molar-refractivity contribution in [3.8, 4) is 17.2 Å². The summed E-state index contributed by atoms with van der Waals surface area (Å²) in [4.78, 5) is 28.5. The van der Waals surface area contributed by atoms with Crippen LogP contribution in [0.5, 0.6) is 17.2 Å². The molecule has 1 amide bonds. The van der Waals surface area contributed by atoms with Crippen LogP contribution in [-0.2, 0) is 21.5 Å². The third-order valence-corrected chi connectivity index (χ3v) is 7.56. The zero-order valence-electron chi connectivity index (χ0n) is 23.2. The second-order valence-electron chi connectivity index (χ2n) is 10.4. The number of likely N-dealkylation sites (tertiary alicyclic amines) is 1. The third kappa shape index (κ3) is 5.36. The third-order valence-electron chi connectivity index (χ3n) is 6.94. The van der Waals surface area contributed by atoms with E-state index in [1.54, 1.807) is 19.2 Å². The van der Waals surface area contributed by atoms with Crippen molar-refractivity contribution in [3.05, 3.63) is 92.5 Å². The van der Waals surface area contributed by atoms with Crippen LogP contribution >= 0.6 is 23.2 Å². The standard InChI is InChI=1S/C31H31Cl2NO6/c1-31(2,3)19-11-9-18(10-12-19)25-23(26(35)21-15-22(32)29(40-6)24(33)28(21)39-5)27(36)30(37)34(25)16-17-7-13-20(38-4)14-8-17/h7-15,25,35H,16H2,1-6H3/b26-23+. The van der Waals surface area contributed by atoms with E-state index in [9.17, 15) is 14.7 Å². The average Bonchev–Trinajstić information content (AvgIpc) is 3.17. The van der Waals surface area contributed by atoms with E-state index < -0.39 is 23.5 Å². The Morgan fingerprint density at radius 3 is 2.02 bits per heavy atom. The maximum atomic E-state index is 13.6. The Morgan fingerprint density at radius 2 is 1.50 bits per heavy atom. The SMILES string of the molecule is COc1ccc(CN2C(=O)C(=O)/C(=C(/O)c3cc(Cl)c(OC)c(Cl)c3OC)C2c2ccc(C(C)(C)C)cc2)cc1. The van der Waals surface area contributed by atoms with Crippen molar-refractivity contribution in [2.45, 2.75) is 38.8 Å². The number of benzene rings is 3. The fourth-order valence-corrected chi connectivity index (χ4v) is 5.46. The molecule has 0 aromatic heterocycles. The van der Waals surface area contributed by atoms with Gasteiger partial charge in [0.05, 0.1) is 43.5 Å². The Kier molecular flexibility index (Phi) is 8.38. The summed E-state index contributed by atoms with van der Waals surface area (Å²) in [5.74, 6) is -1.15. The first-order valence-electron chi connectivity index (χ1n) is 12.5. The molecule has 9 heteroatoms. The van der Waals surface area contributed by atoms with E-state index in [1.165, 1.54) is 25.2 Å². The lowest BCUT2D eigenvalue weighted by Crippen LogP contribution is -2.29. The number of rotatable bonds is 7. The van der Waals surface area contributed by atoms with Gasteiger partial charge in [0.1, 0.15) is 16.5 Å². The molecule has 1 aliphatic heterocycles. The number of nitrogens with zero attached hydrogens (tertiary/aromatic N) is 1. The number of halogens is 2. The molecule has 1 heterocycles. The number of ether oxygens (including phenoxy) is 3. The minimum atomic E-state index is -0.888. The fourth-order valence-electron chi connectivity index (χ4n) is 4.77. The summed E-state index contributed by atoms with van der Waals surface area (Å²) in [5.41, 5.74) is 2.39. The molecule has 0 saturated carbocycles. The number of Topliss-reactive ketones (excluding diaryl/α,β-unsaturated/α-hetero) is 1. The van der Waals surface area contributed by atoms with Gasteiger partial charge in [-0.05, 0) is 40.3 Å². The molecule has 1 fully saturated rings. The van der Waals surface area contributed by atoms with Crippen molar-refractivity contribution in [1.82, 2.24) is 4.90 Å². The van der Waals surface area contributed by atoms with Crippen LogP contribution in [0.1, 0.15) is 49.1 Å². The fraction of sp³-hybridized carbons (Fsp3) is 0.290. The zero-order chi connectivity index (χ0) is 29.4. The number of methoxy groups -OCH3 is 3. The first-order valence-corrected chi connectivity index (χ1v) is 13.3. The molecule has 1 N–H and O–H groups in total. The number of aliphatic hydroxyl groups excluding tert-OH is 1. The topological polar surface area (TPSA) is 85.3 Å². The first-order chi connectivity index (χ1) is 18.9. The number of carbonyl (C=O) groups excluding carboxylic acids is 2. The molecule has 1 atom stereocenters. The minimum absolute atomic E-state index is 0.0255. The highest BCUT2D eigenvalue weighted by Gasteiger charge is 2.46. The Hall–Kier alpha value is -3.68. The number of hydrogen-bond acceptors (Lipinski definition) is 6. The Labute approximate surface area is 243 Å². The molecule has 1 unspecified atom stereocenters. The van der Waals surface area contributed by atoms with Gasteiger partial charge in [0.25, 0.3) is 11.7 Å². The van der Waals surface area contributed by atoms with Gasteiger partial charge in [-0.25, -0.2) is 0 Å². The summed E-state index contributed by atoms with van der Waals surface area (Å²) in [6.45, 7) is 6.42. The molecule has 1 saturated heterocycles. The molecule has 3 aromatic carbocycles. The quantitative estimate of drug-likeness (QED) is 0.184. The number of aliphatic hydroxyl groups is 1. The van der Waals surface area contributed by atoms with E-state index in [0.29, 0.717) is 11.3 Å². The molecule has 0 aliphatic carbocycles. The second kappa shape index (κ2) is 11.4. The van der Waals surface area contributed by atoms with Crippen molar-refractivity contribution >= 4 is 40.7 Å². The molecule has 210 valence electrons. The van der Waals surface area contributed by atoms with Crippen LogP contribution in [0.25, 0.3) is 5.76 Å². The highest BCUT2D eigenvalue weighted by molar-refractivity contribution is 6.47. The molecule has 0 radical (unpaired) electrons. The van der Waals surface area contributed by atoms with Crippen molar-refractivity contribution in [1.29, 1.82) is 0 Å². The normalized spacial score (nSPS) is 16.8. The first kappa shape index (κ1) is 29.3. The zero-order valence-corrected chi connectivity index (χ0v) is 24.7. The molecule has 0 bridgehead atoms. The summed E-state index contributed by atoms with van der Waals surface area (Å²) in [6.07, 6.45) is 0. The Morgan fingerprint density at radius 1 is 0.900 bits per heavy atom. The Bertz CT molecular complexity index is 1470. The summed E-state index contributed by atoms with van der Waals surface area (Å²) < 4.78 is 16.0. The van der Waals surface area contributed by atoms with Crippen molar-refractivity contribution < 1.29 is 28.9 Å². The molecule has 40 heavy (non-hydrogen) atoms. The molecule has 3 aromatic rings. The van der Waals surface area contributed by atoms with Gasteiger partial charge in [-0.2, -0.15) is 0 Å². The highest BCUT2D eigenvalue weighted by Crippen LogP contribution is 2.47. The van der Waals surface area contributed by atoms with E-state index in [0.717, 1.165) is 11.1 Å². The number of ketones is 1. The number of amides is 1. The van der Waals surface area contributed by atoms with E-state index in [-0.39, 0.29) is 44.6 Å². The van der Waals surface area contributed by atoms with E-state index >= 15 is 0 Å². The van der Waals surface area contributed by atoms with Gasteiger partial charge in [0.15, 0.2) is 11.5 Å². The van der Waals surface area contributed by atoms with Gasteiger partial charge in [-0.1, -0.05) is 80.4 Å². The van der Waals surface area contributed by atoms with E-state index in [4.69, 9.17) is 37.4 Å². The molecular weight excluding hydrogens is 553 g/mol. The van der Waals surface area contributed by atoms with Crippen LogP contribution in [0.15, 0.2) is 60.2 Å². The lowest BCUT2D eigenvalue weighted by Gasteiger charge is -2.27. The van der Waals surface area contributed by atoms with Crippen LogP contribution in [0.2, 0.25) is 10.0 Å². The molecule has 7 nitrogen and oxygen atoms in total. The monoisotopic (exact) mass is 583 g/mol. The highest BCUT2D eigenvalue weighted by atomic mass is 35.5. The maximum absolute atomic E-state index is 13.6. The van der Waals surface area contributed by atoms with Crippen molar-refractivity contribution in [3.63, 3.8) is 0 Å². The largest absolute Gasteiger partial charge is 0.507 e. The average molecular weight is 584 g/mol. The van der Waals surface area contributed by atoms with Gasteiger partial charge in [0.2, 0.25) is 0 Å². The molecule has 0 spiro atoms. The van der Waals surface area contributed by atoms with Gasteiger partial charge < -0.3 is 24.2 Å². The predicted octanol–water partition coefficient (Wildman–Crippen LogP) is 6.94. The molecular formula is C31H31Cl2NO6. The summed E-state index contributed by atoms with van der Waals surface area (Å²) in [7, 11) is 4.34. The van der Waals surface area contributed by atoms with Crippen molar-refractivity contribution in [2.24, 2.45) is 0 Å². The minimum Gasteiger partial charge on any atom is -0.507 e. The van der Waals surface area contributed by atoms with Crippen LogP contribution in [0, 0.1) is 0 Å². The lowest BCUT2D eigenvalue weighted by molar-refractivity contribution is -0.140. The van der Waals surface area contributed by atoms with Crippen molar-refractivity contribution in [2.75, 3.05) is 21.3 Å². The summed E-state index contributed by atoms with van der Waals surface area (Å²) in [5, 5.41) is 11.8. The van der Waals surface area contributed by atoms with Gasteiger partial charge in [-0.15, -0.1) is 0 Å². The van der Waals surface area contributed by atoms with Crippen LogP contribution in [0.4, 0.5) is 0 Å². The second-order valence-corrected chi connectivity index (χ2v) is 11.2. The Balaban J connectivity index is 1.92.